The molecule has 0 spiro atoms. The van der Waals surface area contributed by atoms with Crippen LogP contribution in [0.15, 0.2) is 30.3 Å². The molecule has 8 nitrogen and oxygen atoms in total. The number of carbonyl (C=O) groups is 3. The Morgan fingerprint density at radius 1 is 1.17 bits per heavy atom. The van der Waals surface area contributed by atoms with Gasteiger partial charge in [-0.15, -0.1) is 0 Å². The molecule has 2 fully saturated rings. The molecule has 35 heavy (non-hydrogen) atoms. The van der Waals surface area contributed by atoms with Gasteiger partial charge in [-0.25, -0.2) is 9.78 Å². The number of benzene rings is 1. The van der Waals surface area contributed by atoms with Crippen LogP contribution in [0.1, 0.15) is 59.8 Å². The molecule has 9 heteroatoms. The number of rotatable bonds is 7. The van der Waals surface area contributed by atoms with Crippen LogP contribution in [0, 0.1) is 6.92 Å². The SMILES string of the molecule is CCc1cc(C(=O)O)cc(NC(=O)C2CCC(=O)N2C2CCN(Cc3ccc(Cl)c(C)c3)CC2)n1. The van der Waals surface area contributed by atoms with Gasteiger partial charge < -0.3 is 15.3 Å². The molecule has 0 radical (unpaired) electrons. The van der Waals surface area contributed by atoms with Gasteiger partial charge in [0.15, 0.2) is 0 Å². The first-order valence-corrected chi connectivity index (χ1v) is 12.5. The zero-order chi connectivity index (χ0) is 25.1. The zero-order valence-electron chi connectivity index (χ0n) is 20.1. The maximum absolute atomic E-state index is 13.1. The van der Waals surface area contributed by atoms with E-state index in [2.05, 4.69) is 21.3 Å². The number of hydrogen-bond donors (Lipinski definition) is 2. The summed E-state index contributed by atoms with van der Waals surface area (Å²) in [6.45, 7) is 6.38. The molecule has 0 bridgehead atoms. The van der Waals surface area contributed by atoms with E-state index in [4.69, 9.17) is 11.6 Å². The summed E-state index contributed by atoms with van der Waals surface area (Å²) in [4.78, 5) is 45.8. The molecular formula is C26H31ClN4O4. The zero-order valence-corrected chi connectivity index (χ0v) is 20.8. The van der Waals surface area contributed by atoms with Crippen LogP contribution in [0.3, 0.4) is 0 Å². The predicted molar refractivity (Wildman–Crippen MR) is 134 cm³/mol. The molecule has 1 aromatic heterocycles. The van der Waals surface area contributed by atoms with Crippen molar-refractivity contribution in [2.24, 2.45) is 0 Å². The average Bonchev–Trinajstić information content (AvgIpc) is 3.23. The van der Waals surface area contributed by atoms with Gasteiger partial charge in [-0.1, -0.05) is 30.7 Å². The van der Waals surface area contributed by atoms with E-state index in [-0.39, 0.29) is 29.2 Å². The van der Waals surface area contributed by atoms with Gasteiger partial charge in [-0.3, -0.25) is 14.5 Å². The summed E-state index contributed by atoms with van der Waals surface area (Å²) in [7, 11) is 0. The second kappa shape index (κ2) is 10.7. The van der Waals surface area contributed by atoms with Gasteiger partial charge >= 0.3 is 5.97 Å². The smallest absolute Gasteiger partial charge is 0.335 e. The lowest BCUT2D eigenvalue weighted by Crippen LogP contribution is -2.51. The third-order valence-corrected chi connectivity index (χ3v) is 7.30. The molecule has 4 rings (SSSR count). The fraction of sp³-hybridized carbons (Fsp3) is 0.462. The van der Waals surface area contributed by atoms with Crippen LogP contribution in [0.25, 0.3) is 0 Å². The topological polar surface area (TPSA) is 103 Å². The van der Waals surface area contributed by atoms with E-state index in [0.29, 0.717) is 25.0 Å². The second-order valence-corrected chi connectivity index (χ2v) is 9.73. The number of likely N-dealkylation sites (tertiary alicyclic amines) is 2. The van der Waals surface area contributed by atoms with Crippen molar-refractivity contribution in [1.82, 2.24) is 14.8 Å². The molecule has 2 saturated heterocycles. The molecule has 0 saturated carbocycles. The lowest BCUT2D eigenvalue weighted by atomic mass is 10.0. The highest BCUT2D eigenvalue weighted by Gasteiger charge is 2.41. The number of aromatic carboxylic acids is 1. The third-order valence-electron chi connectivity index (χ3n) is 6.88. The molecule has 2 amide bonds. The lowest BCUT2D eigenvalue weighted by Gasteiger charge is -2.39. The van der Waals surface area contributed by atoms with Crippen LogP contribution in [0.4, 0.5) is 5.82 Å². The summed E-state index contributed by atoms with van der Waals surface area (Å²) in [5.74, 6) is -1.18. The number of amides is 2. The van der Waals surface area contributed by atoms with E-state index < -0.39 is 12.0 Å². The first-order valence-electron chi connectivity index (χ1n) is 12.1. The van der Waals surface area contributed by atoms with Gasteiger partial charge in [-0.2, -0.15) is 0 Å². The van der Waals surface area contributed by atoms with E-state index in [0.717, 1.165) is 43.1 Å². The fourth-order valence-electron chi connectivity index (χ4n) is 5.00. The van der Waals surface area contributed by atoms with Crippen molar-refractivity contribution < 1.29 is 19.5 Å². The normalized spacial score (nSPS) is 19.2. The Balaban J connectivity index is 1.39. The number of hydrogen-bond acceptors (Lipinski definition) is 5. The summed E-state index contributed by atoms with van der Waals surface area (Å²) in [5.41, 5.74) is 2.94. The highest BCUT2D eigenvalue weighted by atomic mass is 35.5. The maximum Gasteiger partial charge on any atom is 0.335 e. The molecule has 2 aromatic rings. The summed E-state index contributed by atoms with van der Waals surface area (Å²) in [5, 5.41) is 12.9. The molecule has 0 aliphatic carbocycles. The number of carboxylic acid groups (broad SMARTS) is 1. The first kappa shape index (κ1) is 25.1. The van der Waals surface area contributed by atoms with Crippen molar-refractivity contribution >= 4 is 35.2 Å². The average molecular weight is 499 g/mol. The third kappa shape index (κ3) is 5.82. The highest BCUT2D eigenvalue weighted by molar-refractivity contribution is 6.31. The van der Waals surface area contributed by atoms with E-state index in [1.807, 2.05) is 26.0 Å². The fourth-order valence-corrected chi connectivity index (χ4v) is 5.12. The van der Waals surface area contributed by atoms with Gasteiger partial charge in [0.05, 0.1) is 5.56 Å². The minimum Gasteiger partial charge on any atom is -0.478 e. The van der Waals surface area contributed by atoms with E-state index in [1.54, 1.807) is 4.90 Å². The molecule has 2 aliphatic rings. The van der Waals surface area contributed by atoms with Crippen molar-refractivity contribution in [2.45, 2.75) is 64.6 Å². The molecule has 1 aromatic carbocycles. The summed E-state index contributed by atoms with van der Waals surface area (Å²) in [6.07, 6.45) is 2.94. The van der Waals surface area contributed by atoms with Gasteiger partial charge in [0.1, 0.15) is 11.9 Å². The van der Waals surface area contributed by atoms with Gasteiger partial charge in [0, 0.05) is 42.8 Å². The Morgan fingerprint density at radius 3 is 2.57 bits per heavy atom. The summed E-state index contributed by atoms with van der Waals surface area (Å²) < 4.78 is 0. The van der Waals surface area contributed by atoms with Crippen molar-refractivity contribution in [2.75, 3.05) is 18.4 Å². The van der Waals surface area contributed by atoms with Gasteiger partial charge in [0.25, 0.3) is 0 Å². The largest absolute Gasteiger partial charge is 0.478 e. The number of aryl methyl sites for hydroxylation is 2. The number of nitrogens with zero attached hydrogens (tertiary/aromatic N) is 3. The van der Waals surface area contributed by atoms with Crippen molar-refractivity contribution in [1.29, 1.82) is 0 Å². The quantitative estimate of drug-likeness (QED) is 0.600. The minimum absolute atomic E-state index is 0.00146. The summed E-state index contributed by atoms with van der Waals surface area (Å²) in [6, 6.07) is 8.38. The number of pyridine rings is 1. The number of anilines is 1. The van der Waals surface area contributed by atoms with Crippen LogP contribution < -0.4 is 5.32 Å². The maximum atomic E-state index is 13.1. The number of aromatic nitrogens is 1. The van der Waals surface area contributed by atoms with E-state index in [1.165, 1.54) is 17.7 Å². The van der Waals surface area contributed by atoms with E-state index in [9.17, 15) is 19.5 Å². The number of halogens is 1. The Hall–Kier alpha value is -2.97. The highest BCUT2D eigenvalue weighted by Crippen LogP contribution is 2.29. The predicted octanol–water partition coefficient (Wildman–Crippen LogP) is 3.90. The lowest BCUT2D eigenvalue weighted by molar-refractivity contribution is -0.136. The number of carbonyl (C=O) groups excluding carboxylic acids is 2. The monoisotopic (exact) mass is 498 g/mol. The number of nitrogens with one attached hydrogen (secondary N) is 1. The Labute approximate surface area is 210 Å². The Kier molecular flexibility index (Phi) is 7.72. The molecule has 3 heterocycles. The van der Waals surface area contributed by atoms with Crippen LogP contribution >= 0.6 is 11.6 Å². The Morgan fingerprint density at radius 2 is 1.91 bits per heavy atom. The van der Waals surface area contributed by atoms with Gasteiger partial charge in [-0.05, 0) is 61.9 Å². The van der Waals surface area contributed by atoms with Crippen LogP contribution in [-0.2, 0) is 22.6 Å². The van der Waals surface area contributed by atoms with Crippen LogP contribution in [-0.4, -0.2) is 62.8 Å². The van der Waals surface area contributed by atoms with Crippen molar-refractivity contribution in [3.8, 4) is 0 Å². The van der Waals surface area contributed by atoms with Crippen LogP contribution in [0.5, 0.6) is 0 Å². The minimum atomic E-state index is -1.07. The summed E-state index contributed by atoms with van der Waals surface area (Å²) >= 11 is 6.14. The molecule has 186 valence electrons. The van der Waals surface area contributed by atoms with E-state index >= 15 is 0 Å². The molecule has 1 atom stereocenters. The second-order valence-electron chi connectivity index (χ2n) is 9.33. The van der Waals surface area contributed by atoms with Crippen molar-refractivity contribution in [3.05, 3.63) is 57.7 Å². The molecule has 2 N–H and O–H groups in total. The first-order chi connectivity index (χ1) is 16.7. The molecule has 1 unspecified atom stereocenters. The number of piperidine rings is 1. The van der Waals surface area contributed by atoms with Crippen LogP contribution in [0.2, 0.25) is 5.02 Å². The number of carboxylic acids is 1. The Bertz CT molecular complexity index is 1130. The molecule has 2 aliphatic heterocycles. The van der Waals surface area contributed by atoms with Gasteiger partial charge in [0.2, 0.25) is 11.8 Å². The van der Waals surface area contributed by atoms with Crippen molar-refractivity contribution in [3.63, 3.8) is 0 Å². The standard InChI is InChI=1S/C26H31ClN4O4/c1-3-19-13-18(26(34)35)14-23(28-19)29-25(33)22-6-7-24(32)31(22)20-8-10-30(11-9-20)15-17-4-5-21(27)16(2)12-17/h4-5,12-14,20,22H,3,6-11,15H2,1-2H3,(H,34,35)(H,28,29,33). The molecular weight excluding hydrogens is 468 g/mol.